The number of methoxy groups -OCH3 is 1. The Hall–Kier alpha value is -1.99. The van der Waals surface area contributed by atoms with E-state index in [-0.39, 0.29) is 30.6 Å². The Labute approximate surface area is 135 Å². The van der Waals surface area contributed by atoms with Crippen LogP contribution in [-0.2, 0) is 20.9 Å². The van der Waals surface area contributed by atoms with Crippen molar-refractivity contribution in [2.75, 3.05) is 33.4 Å². The second-order valence-electron chi connectivity index (χ2n) is 5.40. The number of hydrogen-bond donors (Lipinski definition) is 2. The van der Waals surface area contributed by atoms with Crippen molar-refractivity contribution in [3.05, 3.63) is 35.6 Å². The van der Waals surface area contributed by atoms with Gasteiger partial charge in [-0.3, -0.25) is 9.59 Å². The molecule has 0 bridgehead atoms. The molecule has 126 valence electrons. The van der Waals surface area contributed by atoms with E-state index < -0.39 is 6.04 Å². The van der Waals surface area contributed by atoms with Crippen LogP contribution < -0.4 is 10.6 Å². The molecule has 23 heavy (non-hydrogen) atoms. The zero-order chi connectivity index (χ0) is 16.7. The number of carbonyl (C=O) groups is 2. The number of halogens is 1. The first-order valence-electron chi connectivity index (χ1n) is 7.63. The predicted octanol–water partition coefficient (Wildman–Crippen LogP) is 0.279. The largest absolute Gasteiger partial charge is 0.383 e. The lowest BCUT2D eigenvalue weighted by Gasteiger charge is -2.33. The Kier molecular flexibility index (Phi) is 6.49. The first kappa shape index (κ1) is 17.4. The number of nitrogens with zero attached hydrogens (tertiary/aromatic N) is 1. The number of carbonyl (C=O) groups excluding carboxylic acids is 2. The highest BCUT2D eigenvalue weighted by Gasteiger charge is 2.30. The summed E-state index contributed by atoms with van der Waals surface area (Å²) in [6.07, 6.45) is 0.0658. The molecule has 0 aliphatic carbocycles. The first-order chi connectivity index (χ1) is 11.1. The Bertz CT molecular complexity index is 553. The van der Waals surface area contributed by atoms with E-state index in [1.165, 1.54) is 6.07 Å². The van der Waals surface area contributed by atoms with Crippen molar-refractivity contribution in [2.24, 2.45) is 0 Å². The molecule has 1 aromatic rings. The summed E-state index contributed by atoms with van der Waals surface area (Å²) >= 11 is 0. The number of rotatable bonds is 7. The maximum Gasteiger partial charge on any atom is 0.240 e. The molecule has 1 heterocycles. The standard InChI is InChI=1S/C16H22FN3O3/c1-23-9-7-19-15(21)10-14-16(22)20(8-6-18-14)11-12-4-2-3-5-13(12)17/h2-5,14,18H,6-11H2,1H3,(H,19,21). The molecule has 1 aliphatic rings. The van der Waals surface area contributed by atoms with Crippen molar-refractivity contribution in [3.63, 3.8) is 0 Å². The summed E-state index contributed by atoms with van der Waals surface area (Å²) in [6.45, 7) is 2.13. The third-order valence-corrected chi connectivity index (χ3v) is 3.72. The van der Waals surface area contributed by atoms with Gasteiger partial charge in [0.25, 0.3) is 0 Å². The number of piperazine rings is 1. The van der Waals surface area contributed by atoms with Crippen LogP contribution in [0.15, 0.2) is 24.3 Å². The van der Waals surface area contributed by atoms with Crippen molar-refractivity contribution in [2.45, 2.75) is 19.0 Å². The molecule has 1 aliphatic heterocycles. The average Bonchev–Trinajstić information content (AvgIpc) is 2.53. The van der Waals surface area contributed by atoms with Crippen LogP contribution in [-0.4, -0.2) is 56.1 Å². The van der Waals surface area contributed by atoms with E-state index in [0.29, 0.717) is 31.8 Å². The van der Waals surface area contributed by atoms with Gasteiger partial charge in [0.2, 0.25) is 11.8 Å². The van der Waals surface area contributed by atoms with Gasteiger partial charge in [-0.2, -0.15) is 0 Å². The molecule has 0 spiro atoms. The minimum atomic E-state index is -0.571. The first-order valence-corrected chi connectivity index (χ1v) is 7.63. The molecule has 1 saturated heterocycles. The van der Waals surface area contributed by atoms with Crippen LogP contribution in [0.5, 0.6) is 0 Å². The van der Waals surface area contributed by atoms with E-state index in [0.717, 1.165) is 0 Å². The fourth-order valence-electron chi connectivity index (χ4n) is 2.49. The van der Waals surface area contributed by atoms with Crippen LogP contribution >= 0.6 is 0 Å². The van der Waals surface area contributed by atoms with Crippen molar-refractivity contribution in [1.29, 1.82) is 0 Å². The lowest BCUT2D eigenvalue weighted by Crippen LogP contribution is -2.56. The maximum atomic E-state index is 13.7. The van der Waals surface area contributed by atoms with Gasteiger partial charge in [-0.25, -0.2) is 4.39 Å². The second kappa shape index (κ2) is 8.59. The molecular formula is C16H22FN3O3. The third-order valence-electron chi connectivity index (χ3n) is 3.72. The summed E-state index contributed by atoms with van der Waals surface area (Å²) in [5, 5.41) is 5.73. The van der Waals surface area contributed by atoms with Crippen LogP contribution in [0.2, 0.25) is 0 Å². The second-order valence-corrected chi connectivity index (χ2v) is 5.40. The zero-order valence-electron chi connectivity index (χ0n) is 13.2. The Morgan fingerprint density at radius 2 is 2.26 bits per heavy atom. The van der Waals surface area contributed by atoms with E-state index in [2.05, 4.69) is 10.6 Å². The smallest absolute Gasteiger partial charge is 0.240 e. The fourth-order valence-corrected chi connectivity index (χ4v) is 2.49. The van der Waals surface area contributed by atoms with E-state index in [9.17, 15) is 14.0 Å². The summed E-state index contributed by atoms with van der Waals surface area (Å²) in [6, 6.07) is 5.83. The van der Waals surface area contributed by atoms with Gasteiger partial charge in [0, 0.05) is 38.9 Å². The van der Waals surface area contributed by atoms with Crippen molar-refractivity contribution in [3.8, 4) is 0 Å². The van der Waals surface area contributed by atoms with Crippen molar-refractivity contribution < 1.29 is 18.7 Å². The zero-order valence-corrected chi connectivity index (χ0v) is 13.2. The number of nitrogens with one attached hydrogen (secondary N) is 2. The Balaban J connectivity index is 1.90. The van der Waals surface area contributed by atoms with Crippen LogP contribution in [0.1, 0.15) is 12.0 Å². The minimum absolute atomic E-state index is 0.0658. The van der Waals surface area contributed by atoms with E-state index in [1.54, 1.807) is 30.2 Å². The normalized spacial score (nSPS) is 18.1. The highest BCUT2D eigenvalue weighted by atomic mass is 19.1. The third kappa shape index (κ3) is 5.01. The van der Waals surface area contributed by atoms with Crippen LogP contribution in [0.3, 0.4) is 0 Å². The summed E-state index contributed by atoms with van der Waals surface area (Å²) < 4.78 is 18.6. The molecule has 0 aromatic heterocycles. The van der Waals surface area contributed by atoms with Crippen molar-refractivity contribution in [1.82, 2.24) is 15.5 Å². The molecule has 1 aromatic carbocycles. The maximum absolute atomic E-state index is 13.7. The van der Waals surface area contributed by atoms with Gasteiger partial charge >= 0.3 is 0 Å². The molecule has 0 radical (unpaired) electrons. The molecule has 1 atom stereocenters. The van der Waals surface area contributed by atoms with Gasteiger partial charge in [0.15, 0.2) is 0 Å². The van der Waals surface area contributed by atoms with Crippen LogP contribution in [0.25, 0.3) is 0 Å². The SMILES string of the molecule is COCCNC(=O)CC1NCCN(Cc2ccccc2F)C1=O. The fraction of sp³-hybridized carbons (Fsp3) is 0.500. The number of hydrogen-bond acceptors (Lipinski definition) is 4. The molecule has 2 rings (SSSR count). The van der Waals surface area contributed by atoms with Gasteiger partial charge in [0.1, 0.15) is 5.82 Å². The molecular weight excluding hydrogens is 301 g/mol. The highest BCUT2D eigenvalue weighted by Crippen LogP contribution is 2.13. The number of benzene rings is 1. The lowest BCUT2D eigenvalue weighted by molar-refractivity contribution is -0.138. The Morgan fingerprint density at radius 3 is 3.00 bits per heavy atom. The quantitative estimate of drug-likeness (QED) is 0.707. The molecule has 7 heteroatoms. The molecule has 1 unspecified atom stereocenters. The lowest BCUT2D eigenvalue weighted by atomic mass is 10.1. The Morgan fingerprint density at radius 1 is 1.48 bits per heavy atom. The number of amides is 2. The molecule has 6 nitrogen and oxygen atoms in total. The molecule has 2 amide bonds. The predicted molar refractivity (Wildman–Crippen MR) is 83.1 cm³/mol. The van der Waals surface area contributed by atoms with Gasteiger partial charge in [-0.15, -0.1) is 0 Å². The summed E-state index contributed by atoms with van der Waals surface area (Å²) in [4.78, 5) is 25.8. The highest BCUT2D eigenvalue weighted by molar-refractivity contribution is 5.88. The van der Waals surface area contributed by atoms with Crippen LogP contribution in [0.4, 0.5) is 4.39 Å². The van der Waals surface area contributed by atoms with Gasteiger partial charge < -0.3 is 20.3 Å². The molecule has 1 fully saturated rings. The van der Waals surface area contributed by atoms with Crippen LogP contribution in [0, 0.1) is 5.82 Å². The van der Waals surface area contributed by atoms with Gasteiger partial charge in [-0.05, 0) is 6.07 Å². The van der Waals surface area contributed by atoms with Gasteiger partial charge in [0.05, 0.1) is 19.1 Å². The topological polar surface area (TPSA) is 70.7 Å². The average molecular weight is 323 g/mol. The molecule has 0 saturated carbocycles. The summed E-state index contributed by atoms with van der Waals surface area (Å²) in [5.41, 5.74) is 0.478. The van der Waals surface area contributed by atoms with E-state index in [1.807, 2.05) is 0 Å². The summed E-state index contributed by atoms with van der Waals surface area (Å²) in [7, 11) is 1.55. The minimum Gasteiger partial charge on any atom is -0.383 e. The van der Waals surface area contributed by atoms with E-state index >= 15 is 0 Å². The molecule has 2 N–H and O–H groups in total. The number of ether oxygens (including phenoxy) is 1. The summed E-state index contributed by atoms with van der Waals surface area (Å²) in [5.74, 6) is -0.713. The monoisotopic (exact) mass is 323 g/mol. The van der Waals surface area contributed by atoms with E-state index in [4.69, 9.17) is 4.74 Å². The van der Waals surface area contributed by atoms with Gasteiger partial charge in [-0.1, -0.05) is 18.2 Å². The van der Waals surface area contributed by atoms with Crippen molar-refractivity contribution >= 4 is 11.8 Å².